The van der Waals surface area contributed by atoms with Crippen molar-refractivity contribution in [3.63, 3.8) is 0 Å². The highest BCUT2D eigenvalue weighted by atomic mass is 16.2. The van der Waals surface area contributed by atoms with Gasteiger partial charge in [-0.1, -0.05) is 12.1 Å². The Morgan fingerprint density at radius 3 is 2.84 bits per heavy atom. The van der Waals surface area contributed by atoms with Gasteiger partial charge in [0.2, 0.25) is 5.91 Å². The van der Waals surface area contributed by atoms with E-state index < -0.39 is 0 Å². The predicted molar refractivity (Wildman–Crippen MR) is 77.7 cm³/mol. The van der Waals surface area contributed by atoms with Crippen LogP contribution in [0.4, 0.5) is 11.4 Å². The molecule has 0 saturated carbocycles. The summed E-state index contributed by atoms with van der Waals surface area (Å²) in [6.07, 6.45) is 2.43. The first-order chi connectivity index (χ1) is 9.25. The van der Waals surface area contributed by atoms with Gasteiger partial charge in [-0.3, -0.25) is 4.79 Å². The van der Waals surface area contributed by atoms with E-state index in [1.54, 1.807) is 4.90 Å². The number of fused-ring (bicyclic) bond motifs is 1. The van der Waals surface area contributed by atoms with Crippen LogP contribution in [0, 0.1) is 5.92 Å². The normalized spacial score (nSPS) is 22.8. The molecule has 0 aromatic heterocycles. The second kappa shape index (κ2) is 5.21. The number of amides is 1. The van der Waals surface area contributed by atoms with E-state index >= 15 is 0 Å². The molecule has 1 aromatic carbocycles. The Balaban J connectivity index is 1.74. The van der Waals surface area contributed by atoms with Crippen molar-refractivity contribution in [2.24, 2.45) is 5.92 Å². The second-order valence-corrected chi connectivity index (χ2v) is 5.51. The standard InChI is InChI=1S/C15H21N3O/c1-17-13-4-2-3-5-14(13)18(11-15(17)19)9-7-12-6-8-16-10-12/h2-5,12,16H,6-11H2,1H3. The van der Waals surface area contributed by atoms with Crippen molar-refractivity contribution in [1.29, 1.82) is 0 Å². The van der Waals surface area contributed by atoms with Gasteiger partial charge >= 0.3 is 0 Å². The van der Waals surface area contributed by atoms with Crippen molar-refractivity contribution in [2.45, 2.75) is 12.8 Å². The molecule has 4 nitrogen and oxygen atoms in total. The van der Waals surface area contributed by atoms with Crippen molar-refractivity contribution in [1.82, 2.24) is 5.32 Å². The number of hydrogen-bond acceptors (Lipinski definition) is 3. The minimum Gasteiger partial charge on any atom is -0.361 e. The molecule has 0 bridgehead atoms. The minimum absolute atomic E-state index is 0.184. The van der Waals surface area contributed by atoms with Crippen molar-refractivity contribution in [3.8, 4) is 0 Å². The zero-order valence-corrected chi connectivity index (χ0v) is 11.4. The van der Waals surface area contributed by atoms with Crippen molar-refractivity contribution in [3.05, 3.63) is 24.3 Å². The van der Waals surface area contributed by atoms with E-state index in [0.717, 1.165) is 31.2 Å². The molecule has 0 aliphatic carbocycles. The molecule has 1 unspecified atom stereocenters. The highest BCUT2D eigenvalue weighted by molar-refractivity contribution is 6.02. The van der Waals surface area contributed by atoms with Crippen LogP contribution in [0.3, 0.4) is 0 Å². The highest BCUT2D eigenvalue weighted by Crippen LogP contribution is 2.32. The van der Waals surface area contributed by atoms with E-state index in [2.05, 4.69) is 16.3 Å². The van der Waals surface area contributed by atoms with E-state index in [-0.39, 0.29) is 5.91 Å². The lowest BCUT2D eigenvalue weighted by Gasteiger charge is -2.35. The van der Waals surface area contributed by atoms with Gasteiger partial charge in [-0.2, -0.15) is 0 Å². The van der Waals surface area contributed by atoms with E-state index in [4.69, 9.17) is 0 Å². The average Bonchev–Trinajstić information content (AvgIpc) is 2.95. The monoisotopic (exact) mass is 259 g/mol. The molecule has 2 aliphatic rings. The lowest BCUT2D eigenvalue weighted by Crippen LogP contribution is -2.44. The third-order valence-corrected chi connectivity index (χ3v) is 4.25. The van der Waals surface area contributed by atoms with E-state index in [0.29, 0.717) is 6.54 Å². The average molecular weight is 259 g/mol. The fourth-order valence-corrected chi connectivity index (χ4v) is 3.00. The molecule has 2 heterocycles. The van der Waals surface area contributed by atoms with Gasteiger partial charge in [0.15, 0.2) is 0 Å². The molecule has 19 heavy (non-hydrogen) atoms. The van der Waals surface area contributed by atoms with Crippen molar-refractivity contribution in [2.75, 3.05) is 43.0 Å². The van der Waals surface area contributed by atoms with Gasteiger partial charge in [0, 0.05) is 13.6 Å². The number of rotatable bonds is 3. The van der Waals surface area contributed by atoms with E-state index in [1.165, 1.54) is 18.5 Å². The Kier molecular flexibility index (Phi) is 3.42. The van der Waals surface area contributed by atoms with Gasteiger partial charge in [-0.25, -0.2) is 0 Å². The van der Waals surface area contributed by atoms with E-state index in [9.17, 15) is 4.79 Å². The lowest BCUT2D eigenvalue weighted by molar-refractivity contribution is -0.117. The molecule has 0 radical (unpaired) electrons. The molecule has 3 rings (SSSR count). The number of likely N-dealkylation sites (N-methyl/N-ethyl adjacent to an activating group) is 1. The van der Waals surface area contributed by atoms with Crippen LogP contribution in [-0.2, 0) is 4.79 Å². The molecule has 1 fully saturated rings. The SMILES string of the molecule is CN1C(=O)CN(CCC2CCNC2)c2ccccc21. The number of para-hydroxylation sites is 2. The van der Waals surface area contributed by atoms with Crippen molar-refractivity contribution >= 4 is 17.3 Å². The number of hydrogen-bond donors (Lipinski definition) is 1. The lowest BCUT2D eigenvalue weighted by atomic mass is 10.0. The van der Waals surface area contributed by atoms with Crippen molar-refractivity contribution < 1.29 is 4.79 Å². The summed E-state index contributed by atoms with van der Waals surface area (Å²) < 4.78 is 0. The third-order valence-electron chi connectivity index (χ3n) is 4.25. The summed E-state index contributed by atoms with van der Waals surface area (Å²) in [5, 5.41) is 3.40. The molecule has 1 amide bonds. The Labute approximate surface area is 114 Å². The molecule has 4 heteroatoms. The zero-order chi connectivity index (χ0) is 13.2. The summed E-state index contributed by atoms with van der Waals surface area (Å²) in [7, 11) is 1.86. The Hall–Kier alpha value is -1.55. The van der Waals surface area contributed by atoms with Crippen LogP contribution in [0.25, 0.3) is 0 Å². The summed E-state index contributed by atoms with van der Waals surface area (Å²) in [4.78, 5) is 16.0. The Morgan fingerprint density at radius 1 is 1.32 bits per heavy atom. The first-order valence-electron chi connectivity index (χ1n) is 7.07. The maximum atomic E-state index is 12.0. The first kappa shape index (κ1) is 12.5. The third kappa shape index (κ3) is 2.45. The van der Waals surface area contributed by atoms with Gasteiger partial charge in [0.1, 0.15) is 0 Å². The first-order valence-corrected chi connectivity index (χ1v) is 7.07. The fraction of sp³-hybridized carbons (Fsp3) is 0.533. The van der Waals surface area contributed by atoms with Gasteiger partial charge < -0.3 is 15.1 Å². The maximum absolute atomic E-state index is 12.0. The molecular weight excluding hydrogens is 238 g/mol. The maximum Gasteiger partial charge on any atom is 0.246 e. The zero-order valence-electron chi connectivity index (χ0n) is 11.4. The Morgan fingerprint density at radius 2 is 2.11 bits per heavy atom. The predicted octanol–water partition coefficient (Wildman–Crippen LogP) is 1.47. The van der Waals surface area contributed by atoms with Crippen LogP contribution in [0.1, 0.15) is 12.8 Å². The largest absolute Gasteiger partial charge is 0.361 e. The summed E-state index contributed by atoms with van der Waals surface area (Å²) in [5.74, 6) is 0.949. The summed E-state index contributed by atoms with van der Waals surface area (Å²) >= 11 is 0. The van der Waals surface area contributed by atoms with E-state index in [1.807, 2.05) is 25.2 Å². The van der Waals surface area contributed by atoms with Crippen LogP contribution < -0.4 is 15.1 Å². The number of nitrogens with one attached hydrogen (secondary N) is 1. The van der Waals surface area contributed by atoms with Crippen LogP contribution in [-0.4, -0.2) is 39.1 Å². The molecule has 1 saturated heterocycles. The number of carbonyl (C=O) groups is 1. The molecule has 1 N–H and O–H groups in total. The summed E-state index contributed by atoms with van der Waals surface area (Å²) in [6.45, 7) is 3.75. The number of anilines is 2. The fourth-order valence-electron chi connectivity index (χ4n) is 3.00. The van der Waals surface area contributed by atoms with Crippen LogP contribution >= 0.6 is 0 Å². The highest BCUT2D eigenvalue weighted by Gasteiger charge is 2.26. The minimum atomic E-state index is 0.184. The quantitative estimate of drug-likeness (QED) is 0.893. The molecule has 1 aromatic rings. The summed E-state index contributed by atoms with van der Waals surface area (Å²) in [6, 6.07) is 8.18. The van der Waals surface area contributed by atoms with Crippen LogP contribution in [0.15, 0.2) is 24.3 Å². The second-order valence-electron chi connectivity index (χ2n) is 5.51. The van der Waals surface area contributed by atoms with Crippen LogP contribution in [0.2, 0.25) is 0 Å². The molecule has 1 atom stereocenters. The smallest absolute Gasteiger partial charge is 0.246 e. The Bertz CT molecular complexity index is 468. The topological polar surface area (TPSA) is 35.6 Å². The van der Waals surface area contributed by atoms with Gasteiger partial charge in [0.25, 0.3) is 0 Å². The van der Waals surface area contributed by atoms with Gasteiger partial charge in [0.05, 0.1) is 17.9 Å². The summed E-state index contributed by atoms with van der Waals surface area (Å²) in [5.41, 5.74) is 2.22. The number of nitrogens with zero attached hydrogens (tertiary/aromatic N) is 2. The van der Waals surface area contributed by atoms with Gasteiger partial charge in [-0.05, 0) is 44.0 Å². The molecule has 102 valence electrons. The molecule has 0 spiro atoms. The number of benzene rings is 1. The molecule has 2 aliphatic heterocycles. The number of carbonyl (C=O) groups excluding carboxylic acids is 1. The van der Waals surface area contributed by atoms with Crippen LogP contribution in [0.5, 0.6) is 0 Å². The van der Waals surface area contributed by atoms with Gasteiger partial charge in [-0.15, -0.1) is 0 Å². The molecular formula is C15H21N3O.